The van der Waals surface area contributed by atoms with Gasteiger partial charge < -0.3 is 5.73 Å². The Kier molecular flexibility index (Phi) is 4.49. The van der Waals surface area contributed by atoms with Gasteiger partial charge in [0.2, 0.25) is 0 Å². The van der Waals surface area contributed by atoms with Crippen molar-refractivity contribution in [1.29, 1.82) is 0 Å². The number of hydrogen-bond donors (Lipinski definition) is 2. The van der Waals surface area contributed by atoms with Crippen LogP contribution in [0.5, 0.6) is 0 Å². The van der Waals surface area contributed by atoms with Crippen molar-refractivity contribution in [3.63, 3.8) is 0 Å². The summed E-state index contributed by atoms with van der Waals surface area (Å²) in [5.74, 6) is 0.711. The summed E-state index contributed by atoms with van der Waals surface area (Å²) in [5.41, 5.74) is 6.67. The van der Waals surface area contributed by atoms with E-state index in [1.54, 1.807) is 0 Å². The minimum absolute atomic E-state index is 0.187. The minimum Gasteiger partial charge on any atom is -0.330 e. The molecule has 0 bridgehead atoms. The molecule has 94 valence electrons. The van der Waals surface area contributed by atoms with Gasteiger partial charge in [0.1, 0.15) is 5.69 Å². The quantitative estimate of drug-likeness (QED) is 0.779. The fourth-order valence-electron chi connectivity index (χ4n) is 1.47. The molecule has 0 aliphatic heterocycles. The van der Waals surface area contributed by atoms with Crippen LogP contribution in [0.15, 0.2) is 40.3 Å². The monoisotopic (exact) mass is 262 g/mol. The van der Waals surface area contributed by atoms with Gasteiger partial charge in [0.25, 0.3) is 5.56 Å². The van der Waals surface area contributed by atoms with Crippen LogP contribution in [0.4, 0.5) is 0 Å². The Balaban J connectivity index is 2.13. The molecule has 0 amide bonds. The second kappa shape index (κ2) is 6.32. The molecule has 0 saturated heterocycles. The van der Waals surface area contributed by atoms with E-state index in [2.05, 4.69) is 15.2 Å². The molecule has 2 rings (SSSR count). The van der Waals surface area contributed by atoms with Gasteiger partial charge in [-0.25, -0.2) is 0 Å². The van der Waals surface area contributed by atoms with E-state index < -0.39 is 0 Å². The third-order valence-electron chi connectivity index (χ3n) is 2.32. The van der Waals surface area contributed by atoms with Gasteiger partial charge in [-0.3, -0.25) is 9.78 Å². The molecule has 1 heterocycles. The zero-order valence-corrected chi connectivity index (χ0v) is 10.6. The number of hydrogen-bond acceptors (Lipinski definition) is 5. The van der Waals surface area contributed by atoms with Crippen molar-refractivity contribution < 1.29 is 0 Å². The first kappa shape index (κ1) is 12.8. The third-order valence-corrected chi connectivity index (χ3v) is 3.21. The lowest BCUT2D eigenvalue weighted by atomic mass is 10.1. The van der Waals surface area contributed by atoms with Gasteiger partial charge in [-0.1, -0.05) is 42.1 Å². The largest absolute Gasteiger partial charge is 0.330 e. The highest BCUT2D eigenvalue weighted by Crippen LogP contribution is 2.08. The smallest absolute Gasteiger partial charge is 0.273 e. The number of aromatic nitrogens is 3. The Morgan fingerprint density at radius 1 is 1.22 bits per heavy atom. The van der Waals surface area contributed by atoms with Crippen LogP contribution in [0.1, 0.15) is 11.3 Å². The van der Waals surface area contributed by atoms with Crippen LogP contribution in [-0.4, -0.2) is 27.5 Å². The van der Waals surface area contributed by atoms with Crippen molar-refractivity contribution >= 4 is 11.8 Å². The van der Waals surface area contributed by atoms with Crippen molar-refractivity contribution in [2.75, 3.05) is 12.3 Å². The first-order valence-corrected chi connectivity index (χ1v) is 6.61. The molecule has 0 aliphatic rings. The molecule has 0 fully saturated rings. The molecule has 0 aliphatic carbocycles. The fraction of sp³-hybridized carbons (Fsp3) is 0.250. The summed E-state index contributed by atoms with van der Waals surface area (Å²) < 4.78 is 0. The van der Waals surface area contributed by atoms with Gasteiger partial charge in [0.15, 0.2) is 5.16 Å². The van der Waals surface area contributed by atoms with Gasteiger partial charge >= 0.3 is 0 Å². The van der Waals surface area contributed by atoms with E-state index in [0.29, 0.717) is 29.6 Å². The molecule has 3 N–H and O–H groups in total. The van der Waals surface area contributed by atoms with Gasteiger partial charge in [-0.05, 0) is 5.56 Å². The van der Waals surface area contributed by atoms with E-state index in [-0.39, 0.29) is 5.56 Å². The van der Waals surface area contributed by atoms with Crippen LogP contribution in [0.3, 0.4) is 0 Å². The maximum absolute atomic E-state index is 11.8. The first-order valence-electron chi connectivity index (χ1n) is 5.62. The summed E-state index contributed by atoms with van der Waals surface area (Å²) in [5, 5.41) is 8.46. The molecule has 0 unspecified atom stereocenters. The molecule has 1 aromatic heterocycles. The minimum atomic E-state index is -0.187. The van der Waals surface area contributed by atoms with Crippen LogP contribution < -0.4 is 11.3 Å². The zero-order valence-electron chi connectivity index (χ0n) is 9.80. The maximum atomic E-state index is 11.8. The molecule has 18 heavy (non-hydrogen) atoms. The van der Waals surface area contributed by atoms with Crippen LogP contribution in [0, 0.1) is 0 Å². The topological polar surface area (TPSA) is 84.7 Å². The summed E-state index contributed by atoms with van der Waals surface area (Å²) in [7, 11) is 0. The maximum Gasteiger partial charge on any atom is 0.273 e. The van der Waals surface area contributed by atoms with Gasteiger partial charge in [-0.2, -0.15) is 0 Å². The summed E-state index contributed by atoms with van der Waals surface area (Å²) in [4.78, 5) is 14.5. The van der Waals surface area contributed by atoms with Gasteiger partial charge in [-0.15, -0.1) is 10.2 Å². The van der Waals surface area contributed by atoms with Crippen molar-refractivity contribution in [2.24, 2.45) is 5.73 Å². The molecule has 5 nitrogen and oxygen atoms in total. The van der Waals surface area contributed by atoms with Gasteiger partial charge in [0, 0.05) is 18.7 Å². The molecule has 0 atom stereocenters. The first-order chi connectivity index (χ1) is 8.79. The number of rotatable bonds is 5. The number of thioether (sulfide) groups is 1. The van der Waals surface area contributed by atoms with E-state index in [1.807, 2.05) is 30.3 Å². The molecular formula is C12H14N4OS. The average Bonchev–Trinajstić information content (AvgIpc) is 2.40. The summed E-state index contributed by atoms with van der Waals surface area (Å²) in [6, 6.07) is 9.72. The summed E-state index contributed by atoms with van der Waals surface area (Å²) in [6.45, 7) is 0.542. The highest BCUT2D eigenvalue weighted by molar-refractivity contribution is 7.99. The van der Waals surface area contributed by atoms with Crippen molar-refractivity contribution in [1.82, 2.24) is 15.2 Å². The molecule has 1 aromatic carbocycles. The number of H-pyrrole nitrogens is 1. The number of nitrogens with one attached hydrogen (secondary N) is 1. The number of aromatic amines is 1. The SMILES string of the molecule is NCCSc1nnc(Cc2ccccc2)c(=O)[nH]1. The van der Waals surface area contributed by atoms with Crippen LogP contribution >= 0.6 is 11.8 Å². The van der Waals surface area contributed by atoms with Crippen molar-refractivity contribution in [3.8, 4) is 0 Å². The second-order valence-electron chi connectivity index (χ2n) is 3.71. The standard InChI is InChI=1S/C12H14N4OS/c13-6-7-18-12-14-11(17)10(15-16-12)8-9-4-2-1-3-5-9/h1-5H,6-8,13H2,(H,14,16,17). The number of nitrogens with zero attached hydrogens (tertiary/aromatic N) is 2. The second-order valence-corrected chi connectivity index (χ2v) is 4.79. The molecule has 0 spiro atoms. The number of benzene rings is 1. The van der Waals surface area contributed by atoms with E-state index in [9.17, 15) is 4.79 Å². The highest BCUT2D eigenvalue weighted by Gasteiger charge is 2.05. The van der Waals surface area contributed by atoms with E-state index in [0.717, 1.165) is 5.56 Å². The van der Waals surface area contributed by atoms with E-state index in [1.165, 1.54) is 11.8 Å². The fourth-order valence-corrected chi connectivity index (χ4v) is 2.05. The van der Waals surface area contributed by atoms with Crippen LogP contribution in [-0.2, 0) is 6.42 Å². The third kappa shape index (κ3) is 3.41. The molecule has 6 heteroatoms. The lowest BCUT2D eigenvalue weighted by Crippen LogP contribution is -2.18. The summed E-state index contributed by atoms with van der Waals surface area (Å²) >= 11 is 1.40. The van der Waals surface area contributed by atoms with Crippen LogP contribution in [0.25, 0.3) is 0 Å². The highest BCUT2D eigenvalue weighted by atomic mass is 32.2. The lowest BCUT2D eigenvalue weighted by molar-refractivity contribution is 0.772. The average molecular weight is 262 g/mol. The predicted molar refractivity (Wildman–Crippen MR) is 71.7 cm³/mol. The zero-order chi connectivity index (χ0) is 12.8. The molecule has 0 radical (unpaired) electrons. The molecule has 2 aromatic rings. The van der Waals surface area contributed by atoms with E-state index >= 15 is 0 Å². The number of nitrogens with two attached hydrogens (primary N) is 1. The molecular weight excluding hydrogens is 248 g/mol. The van der Waals surface area contributed by atoms with Gasteiger partial charge in [0.05, 0.1) is 0 Å². The predicted octanol–water partition coefficient (Wildman–Crippen LogP) is 0.806. The van der Waals surface area contributed by atoms with Crippen molar-refractivity contribution in [2.45, 2.75) is 11.6 Å². The Morgan fingerprint density at radius 3 is 2.67 bits per heavy atom. The Bertz CT molecular complexity index is 556. The Hall–Kier alpha value is -1.66. The Labute approximate surface area is 109 Å². The van der Waals surface area contributed by atoms with Crippen LogP contribution in [0.2, 0.25) is 0 Å². The molecule has 0 saturated carbocycles. The normalized spacial score (nSPS) is 10.5. The van der Waals surface area contributed by atoms with Crippen molar-refractivity contribution in [3.05, 3.63) is 51.9 Å². The van der Waals surface area contributed by atoms with E-state index in [4.69, 9.17) is 5.73 Å². The lowest BCUT2D eigenvalue weighted by Gasteiger charge is -2.01. The summed E-state index contributed by atoms with van der Waals surface area (Å²) in [6.07, 6.45) is 0.491. The Morgan fingerprint density at radius 2 is 2.00 bits per heavy atom.